The first-order valence-electron chi connectivity index (χ1n) is 6.55. The topological polar surface area (TPSA) is 61.4 Å². The van der Waals surface area contributed by atoms with E-state index in [1.807, 2.05) is 35.0 Å². The summed E-state index contributed by atoms with van der Waals surface area (Å²) >= 11 is 1.53. The average molecular weight is 325 g/mol. The highest BCUT2D eigenvalue weighted by Crippen LogP contribution is 2.18. The van der Waals surface area contributed by atoms with Crippen LogP contribution in [0.1, 0.15) is 33.2 Å². The van der Waals surface area contributed by atoms with Crippen LogP contribution >= 0.6 is 23.7 Å². The molecule has 1 unspecified atom stereocenters. The molecule has 3 rings (SSSR count). The summed E-state index contributed by atoms with van der Waals surface area (Å²) in [5.74, 6) is -0.144. The summed E-state index contributed by atoms with van der Waals surface area (Å²) in [4.78, 5) is 12.1. The molecular formula is C15H17ClN2O2S. The van der Waals surface area contributed by atoms with Crippen LogP contribution in [-0.4, -0.2) is 17.6 Å². The molecule has 0 spiro atoms. The molecule has 112 valence electrons. The zero-order valence-corrected chi connectivity index (χ0v) is 13.0. The summed E-state index contributed by atoms with van der Waals surface area (Å²) < 4.78 is 0. The third-order valence-corrected chi connectivity index (χ3v) is 4.18. The molecule has 2 heterocycles. The van der Waals surface area contributed by atoms with Gasteiger partial charge < -0.3 is 15.7 Å². The van der Waals surface area contributed by atoms with E-state index in [0.717, 1.165) is 18.7 Å². The lowest BCUT2D eigenvalue weighted by molar-refractivity contribution is 0.0916. The van der Waals surface area contributed by atoms with E-state index in [0.29, 0.717) is 5.56 Å². The van der Waals surface area contributed by atoms with Crippen molar-refractivity contribution in [3.63, 3.8) is 0 Å². The minimum atomic E-state index is -0.652. The van der Waals surface area contributed by atoms with Gasteiger partial charge in [0.05, 0.1) is 6.10 Å². The fourth-order valence-electron chi connectivity index (χ4n) is 2.31. The maximum atomic E-state index is 12.1. The molecule has 0 saturated heterocycles. The standard InChI is InChI=1S/C15H16N2O2S.ClH/c18-14(12-3-4-20-9-12)8-17-15(19)10-1-2-11-6-16-7-13(11)5-10;/h1-5,9,14,16,18H,6-8H2,(H,17,19);1H. The third kappa shape index (κ3) is 3.63. The molecule has 1 aromatic heterocycles. The maximum Gasteiger partial charge on any atom is 0.251 e. The van der Waals surface area contributed by atoms with E-state index < -0.39 is 6.10 Å². The number of rotatable bonds is 4. The van der Waals surface area contributed by atoms with Gasteiger partial charge >= 0.3 is 0 Å². The Hall–Kier alpha value is -1.40. The number of aliphatic hydroxyl groups excluding tert-OH is 1. The second-order valence-electron chi connectivity index (χ2n) is 4.87. The fraction of sp³-hybridized carbons (Fsp3) is 0.267. The van der Waals surface area contributed by atoms with Crippen molar-refractivity contribution in [2.45, 2.75) is 19.2 Å². The second-order valence-corrected chi connectivity index (χ2v) is 5.65. The lowest BCUT2D eigenvalue weighted by Gasteiger charge is -2.11. The molecule has 0 aliphatic carbocycles. The molecule has 0 radical (unpaired) electrons. The highest BCUT2D eigenvalue weighted by molar-refractivity contribution is 7.07. The molecule has 4 nitrogen and oxygen atoms in total. The molecule has 3 N–H and O–H groups in total. The summed E-state index contributed by atoms with van der Waals surface area (Å²) in [6.45, 7) is 1.91. The summed E-state index contributed by atoms with van der Waals surface area (Å²) in [6.07, 6.45) is -0.652. The van der Waals surface area contributed by atoms with Crippen LogP contribution < -0.4 is 10.6 Å². The number of thiophene rings is 1. The van der Waals surface area contributed by atoms with E-state index in [9.17, 15) is 9.90 Å². The van der Waals surface area contributed by atoms with Crippen molar-refractivity contribution in [3.05, 3.63) is 57.3 Å². The Balaban J connectivity index is 0.00000161. The van der Waals surface area contributed by atoms with Gasteiger partial charge in [0, 0.05) is 25.2 Å². The number of carbonyl (C=O) groups is 1. The smallest absolute Gasteiger partial charge is 0.251 e. The Morgan fingerprint density at radius 2 is 2.14 bits per heavy atom. The third-order valence-electron chi connectivity index (χ3n) is 3.48. The SMILES string of the molecule is Cl.O=C(NCC(O)c1ccsc1)c1ccc2c(c1)CNC2. The second kappa shape index (κ2) is 7.04. The van der Waals surface area contributed by atoms with Crippen LogP contribution in [0.5, 0.6) is 0 Å². The fourth-order valence-corrected chi connectivity index (χ4v) is 3.02. The van der Waals surface area contributed by atoms with Gasteiger partial charge in [-0.2, -0.15) is 11.3 Å². The molecule has 1 aromatic carbocycles. The molecule has 6 heteroatoms. The minimum absolute atomic E-state index is 0. The first-order chi connectivity index (χ1) is 9.74. The summed E-state index contributed by atoms with van der Waals surface area (Å²) in [5.41, 5.74) is 3.91. The number of amides is 1. The first-order valence-corrected chi connectivity index (χ1v) is 7.49. The van der Waals surface area contributed by atoms with Gasteiger partial charge in [-0.05, 0) is 45.6 Å². The lowest BCUT2D eigenvalue weighted by Crippen LogP contribution is -2.28. The van der Waals surface area contributed by atoms with Gasteiger partial charge in [0.25, 0.3) is 5.91 Å². The van der Waals surface area contributed by atoms with Gasteiger partial charge in [0.2, 0.25) is 0 Å². The zero-order valence-electron chi connectivity index (χ0n) is 11.3. The predicted molar refractivity (Wildman–Crippen MR) is 85.8 cm³/mol. The number of hydrogen-bond donors (Lipinski definition) is 3. The van der Waals surface area contributed by atoms with E-state index in [2.05, 4.69) is 10.6 Å². The average Bonchev–Trinajstić information content (AvgIpc) is 3.13. The molecule has 2 aromatic rings. The zero-order chi connectivity index (χ0) is 13.9. The van der Waals surface area contributed by atoms with Gasteiger partial charge in [-0.3, -0.25) is 4.79 Å². The van der Waals surface area contributed by atoms with Crippen LogP contribution in [0.2, 0.25) is 0 Å². The normalized spacial score (nSPS) is 14.1. The highest BCUT2D eigenvalue weighted by atomic mass is 35.5. The largest absolute Gasteiger partial charge is 0.387 e. The number of nitrogens with one attached hydrogen (secondary N) is 2. The molecule has 0 saturated carbocycles. The van der Waals surface area contributed by atoms with Gasteiger partial charge in [-0.1, -0.05) is 6.07 Å². The van der Waals surface area contributed by atoms with Crippen molar-refractivity contribution in [2.75, 3.05) is 6.54 Å². The van der Waals surface area contributed by atoms with Crippen LogP contribution in [0.25, 0.3) is 0 Å². The van der Waals surface area contributed by atoms with E-state index in [-0.39, 0.29) is 24.9 Å². The molecule has 0 bridgehead atoms. The molecule has 1 aliphatic heterocycles. The van der Waals surface area contributed by atoms with Crippen molar-refractivity contribution in [2.24, 2.45) is 0 Å². The Kier molecular flexibility index (Phi) is 5.36. The van der Waals surface area contributed by atoms with Crippen LogP contribution in [0, 0.1) is 0 Å². The number of carbonyl (C=O) groups excluding carboxylic acids is 1. The molecule has 1 atom stereocenters. The number of fused-ring (bicyclic) bond motifs is 1. The van der Waals surface area contributed by atoms with Gasteiger partial charge in [-0.25, -0.2) is 0 Å². The molecule has 1 aliphatic rings. The Labute approximate surface area is 133 Å². The quantitative estimate of drug-likeness (QED) is 0.808. The summed E-state index contributed by atoms with van der Waals surface area (Å²) in [5, 5.41) is 19.8. The van der Waals surface area contributed by atoms with Crippen molar-refractivity contribution < 1.29 is 9.90 Å². The van der Waals surface area contributed by atoms with Gasteiger partial charge in [0.15, 0.2) is 0 Å². The predicted octanol–water partition coefficient (Wildman–Crippen LogP) is 2.24. The van der Waals surface area contributed by atoms with Crippen molar-refractivity contribution >= 4 is 29.7 Å². The molecule has 0 fully saturated rings. The van der Waals surface area contributed by atoms with E-state index in [1.165, 1.54) is 22.5 Å². The van der Waals surface area contributed by atoms with Crippen molar-refractivity contribution in [1.29, 1.82) is 0 Å². The van der Waals surface area contributed by atoms with Crippen molar-refractivity contribution in [1.82, 2.24) is 10.6 Å². The lowest BCUT2D eigenvalue weighted by atomic mass is 10.1. The summed E-state index contributed by atoms with van der Waals surface area (Å²) in [7, 11) is 0. The van der Waals surface area contributed by atoms with Gasteiger partial charge in [0.1, 0.15) is 0 Å². The Bertz CT molecular complexity index is 616. The van der Waals surface area contributed by atoms with E-state index in [1.54, 1.807) is 0 Å². The van der Waals surface area contributed by atoms with E-state index >= 15 is 0 Å². The van der Waals surface area contributed by atoms with E-state index in [4.69, 9.17) is 0 Å². The number of aliphatic hydroxyl groups is 1. The maximum absolute atomic E-state index is 12.1. The Morgan fingerprint density at radius 3 is 2.90 bits per heavy atom. The molecular weight excluding hydrogens is 308 g/mol. The van der Waals surface area contributed by atoms with Gasteiger partial charge in [-0.15, -0.1) is 12.4 Å². The molecule has 1 amide bonds. The monoisotopic (exact) mass is 324 g/mol. The first kappa shape index (κ1) is 16.0. The van der Waals surface area contributed by atoms with Crippen LogP contribution in [0.3, 0.4) is 0 Å². The van der Waals surface area contributed by atoms with Crippen molar-refractivity contribution in [3.8, 4) is 0 Å². The number of hydrogen-bond acceptors (Lipinski definition) is 4. The van der Waals surface area contributed by atoms with Crippen LogP contribution in [0.4, 0.5) is 0 Å². The number of benzene rings is 1. The summed E-state index contributed by atoms with van der Waals surface area (Å²) in [6, 6.07) is 7.60. The van der Waals surface area contributed by atoms with Crippen LogP contribution in [-0.2, 0) is 13.1 Å². The molecule has 21 heavy (non-hydrogen) atoms. The minimum Gasteiger partial charge on any atom is -0.387 e. The highest BCUT2D eigenvalue weighted by Gasteiger charge is 2.14. The van der Waals surface area contributed by atoms with Crippen LogP contribution in [0.15, 0.2) is 35.0 Å². The Morgan fingerprint density at radius 1 is 1.33 bits per heavy atom. The number of halogens is 1.